The van der Waals surface area contributed by atoms with Gasteiger partial charge in [-0.25, -0.2) is 4.98 Å². The fourth-order valence-corrected chi connectivity index (χ4v) is 11.0. The van der Waals surface area contributed by atoms with E-state index in [1.807, 2.05) is 24.4 Å². The highest BCUT2D eigenvalue weighted by Crippen LogP contribution is 2.58. The average Bonchev–Trinajstić information content (AvgIpc) is 3.98. The number of benzene rings is 11. The molecule has 67 heavy (non-hydrogen) atoms. The largest absolute Gasteiger partial charge is 0.306 e. The molecule has 310 valence electrons. The fourth-order valence-electron chi connectivity index (χ4n) is 11.0. The topological polar surface area (TPSA) is 17.3 Å². The van der Waals surface area contributed by atoms with Crippen molar-refractivity contribution in [3.05, 3.63) is 243 Å². The van der Waals surface area contributed by atoms with Crippen LogP contribution in [-0.4, -0.2) is 9.38 Å². The van der Waals surface area contributed by atoms with E-state index in [1.165, 1.54) is 121 Å². The first-order valence-corrected chi connectivity index (χ1v) is 23.1. The molecule has 2 heteroatoms. The van der Waals surface area contributed by atoms with E-state index in [0.29, 0.717) is 0 Å². The Kier molecular flexibility index (Phi) is 8.32. The molecule has 2 aromatic heterocycles. The van der Waals surface area contributed by atoms with Gasteiger partial charge in [0, 0.05) is 18.0 Å². The molecule has 0 spiro atoms. The molecule has 0 fully saturated rings. The number of nitrogens with zero attached hydrogens (tertiary/aromatic N) is 2. The third-order valence-electron chi connectivity index (χ3n) is 14.1. The highest BCUT2D eigenvalue weighted by Gasteiger charge is 2.31. The smallest absolute Gasteiger partial charge is 0.137 e. The summed E-state index contributed by atoms with van der Waals surface area (Å²) in [6, 6.07) is 84.9. The molecule has 1 aliphatic carbocycles. The third-order valence-corrected chi connectivity index (χ3v) is 14.1. The molecular formula is C65H40N2. The minimum absolute atomic E-state index is 0.950. The van der Waals surface area contributed by atoms with Crippen molar-refractivity contribution in [1.29, 1.82) is 0 Å². The maximum atomic E-state index is 4.86. The SMILES string of the molecule is c1ccc(-c2c3c(c(-c4ccccc4)c4ccccc24)-c2ccc(-c4ccc5cc(-c6ccc7cc(-c8cccc(-c9cn%10ccccc%10n9)c8)ccc7c6)ccc5c4)c4cccc-3c24)cc1. The molecule has 2 heterocycles. The van der Waals surface area contributed by atoms with Crippen molar-refractivity contribution < 1.29 is 0 Å². The van der Waals surface area contributed by atoms with Crippen molar-refractivity contribution in [3.8, 4) is 89.1 Å². The molecule has 14 rings (SSSR count). The number of hydrogen-bond donors (Lipinski definition) is 0. The van der Waals surface area contributed by atoms with Crippen LogP contribution in [0.25, 0.3) is 138 Å². The van der Waals surface area contributed by atoms with E-state index >= 15 is 0 Å². The van der Waals surface area contributed by atoms with Gasteiger partial charge in [-0.1, -0.05) is 188 Å². The Morgan fingerprint density at radius 3 is 1.36 bits per heavy atom. The number of rotatable bonds is 6. The van der Waals surface area contributed by atoms with E-state index in [0.717, 1.165) is 16.9 Å². The minimum Gasteiger partial charge on any atom is -0.306 e. The van der Waals surface area contributed by atoms with Gasteiger partial charge in [-0.15, -0.1) is 0 Å². The standard InChI is InChI=1S/C65H40N2/c1-3-13-41(14-4-1)61-55-19-7-8-20-56(55)62(42-15-5-2-6-16-42)65-58-33-32-53(54-21-12-22-57(63(54)58)64(61)65)51-31-30-49-37-48(28-29-50(49)38-51)47-27-26-45-35-44(24-25-46(45)36-47)43-17-11-18-52(39-43)59-40-67-34-10-9-23-60(67)66-59/h1-40H. The second kappa shape index (κ2) is 14.9. The molecule has 0 radical (unpaired) electrons. The van der Waals surface area contributed by atoms with Crippen LogP contribution in [0.2, 0.25) is 0 Å². The number of fused-ring (bicyclic) bond motifs is 7. The van der Waals surface area contributed by atoms with Gasteiger partial charge in [0.05, 0.1) is 5.69 Å². The Bertz CT molecular complexity index is 4020. The fraction of sp³-hybridized carbons (Fsp3) is 0. The van der Waals surface area contributed by atoms with Gasteiger partial charge in [-0.2, -0.15) is 0 Å². The van der Waals surface area contributed by atoms with Gasteiger partial charge in [0.1, 0.15) is 5.65 Å². The second-order valence-electron chi connectivity index (χ2n) is 17.9. The van der Waals surface area contributed by atoms with Crippen molar-refractivity contribution in [3.63, 3.8) is 0 Å². The van der Waals surface area contributed by atoms with Gasteiger partial charge in [0.15, 0.2) is 0 Å². The lowest BCUT2D eigenvalue weighted by atomic mass is 9.82. The molecule has 0 saturated heterocycles. The quantitative estimate of drug-likeness (QED) is 0.163. The van der Waals surface area contributed by atoms with E-state index in [9.17, 15) is 0 Å². The summed E-state index contributed by atoms with van der Waals surface area (Å²) in [5, 5.41) is 10.1. The molecule has 1 aliphatic rings. The van der Waals surface area contributed by atoms with Gasteiger partial charge in [0.2, 0.25) is 0 Å². The van der Waals surface area contributed by atoms with Crippen LogP contribution in [0.5, 0.6) is 0 Å². The zero-order valence-corrected chi connectivity index (χ0v) is 36.5. The maximum Gasteiger partial charge on any atom is 0.137 e. The Balaban J connectivity index is 0.826. The van der Waals surface area contributed by atoms with E-state index in [-0.39, 0.29) is 0 Å². The molecule has 0 bridgehead atoms. The summed E-state index contributed by atoms with van der Waals surface area (Å²) >= 11 is 0. The normalized spacial score (nSPS) is 11.9. The van der Waals surface area contributed by atoms with Crippen molar-refractivity contribution >= 4 is 48.7 Å². The molecule has 11 aromatic carbocycles. The Morgan fingerprint density at radius 1 is 0.284 bits per heavy atom. The van der Waals surface area contributed by atoms with Crippen molar-refractivity contribution in [2.75, 3.05) is 0 Å². The highest BCUT2D eigenvalue weighted by atomic mass is 15.0. The maximum absolute atomic E-state index is 4.86. The van der Waals surface area contributed by atoms with Crippen LogP contribution in [0.15, 0.2) is 243 Å². The van der Waals surface area contributed by atoms with Crippen molar-refractivity contribution in [2.24, 2.45) is 0 Å². The van der Waals surface area contributed by atoms with Crippen LogP contribution in [0.4, 0.5) is 0 Å². The molecule has 0 saturated carbocycles. The lowest BCUT2D eigenvalue weighted by molar-refractivity contribution is 1.19. The molecule has 0 aliphatic heterocycles. The molecule has 0 N–H and O–H groups in total. The first-order valence-electron chi connectivity index (χ1n) is 23.1. The first kappa shape index (κ1) is 37.5. The lowest BCUT2D eigenvalue weighted by Gasteiger charge is -2.20. The van der Waals surface area contributed by atoms with Gasteiger partial charge < -0.3 is 4.40 Å². The van der Waals surface area contributed by atoms with Crippen LogP contribution in [0.3, 0.4) is 0 Å². The molecule has 0 amide bonds. The number of pyridine rings is 1. The average molecular weight is 849 g/mol. The summed E-state index contributed by atoms with van der Waals surface area (Å²) < 4.78 is 2.07. The van der Waals surface area contributed by atoms with Crippen LogP contribution in [-0.2, 0) is 0 Å². The van der Waals surface area contributed by atoms with Crippen LogP contribution in [0, 0.1) is 0 Å². The summed E-state index contributed by atoms with van der Waals surface area (Å²) in [6.45, 7) is 0. The zero-order chi connectivity index (χ0) is 44.0. The molecule has 2 nitrogen and oxygen atoms in total. The van der Waals surface area contributed by atoms with E-state index in [2.05, 4.69) is 223 Å². The summed E-state index contributed by atoms with van der Waals surface area (Å²) in [5.41, 5.74) is 20.7. The summed E-state index contributed by atoms with van der Waals surface area (Å²) in [5.74, 6) is 0. The highest BCUT2D eigenvalue weighted by molar-refractivity contribution is 6.29. The molecule has 0 unspecified atom stereocenters. The van der Waals surface area contributed by atoms with E-state index < -0.39 is 0 Å². The first-order chi connectivity index (χ1) is 33.2. The minimum atomic E-state index is 0.950. The summed E-state index contributed by atoms with van der Waals surface area (Å²) in [7, 11) is 0. The number of aromatic nitrogens is 2. The van der Waals surface area contributed by atoms with E-state index in [4.69, 9.17) is 4.98 Å². The van der Waals surface area contributed by atoms with Crippen LogP contribution < -0.4 is 0 Å². The van der Waals surface area contributed by atoms with Gasteiger partial charge >= 0.3 is 0 Å². The Labute approximate surface area is 388 Å². The molecular weight excluding hydrogens is 809 g/mol. The predicted octanol–water partition coefficient (Wildman–Crippen LogP) is 17.6. The Hall–Kier alpha value is -8.85. The van der Waals surface area contributed by atoms with Crippen molar-refractivity contribution in [2.45, 2.75) is 0 Å². The van der Waals surface area contributed by atoms with E-state index in [1.54, 1.807) is 0 Å². The summed E-state index contributed by atoms with van der Waals surface area (Å²) in [6.07, 6.45) is 4.14. The van der Waals surface area contributed by atoms with Crippen molar-refractivity contribution in [1.82, 2.24) is 9.38 Å². The molecule has 13 aromatic rings. The number of hydrogen-bond acceptors (Lipinski definition) is 1. The third kappa shape index (κ3) is 6.00. The second-order valence-corrected chi connectivity index (χ2v) is 17.9. The number of imidazole rings is 1. The van der Waals surface area contributed by atoms with Gasteiger partial charge in [-0.3, -0.25) is 0 Å². The van der Waals surface area contributed by atoms with Gasteiger partial charge in [-0.05, 0) is 163 Å². The zero-order valence-electron chi connectivity index (χ0n) is 36.5. The summed E-state index contributed by atoms with van der Waals surface area (Å²) in [4.78, 5) is 4.86. The Morgan fingerprint density at radius 2 is 0.746 bits per heavy atom. The van der Waals surface area contributed by atoms with Gasteiger partial charge in [0.25, 0.3) is 0 Å². The van der Waals surface area contributed by atoms with Crippen LogP contribution >= 0.6 is 0 Å². The molecule has 0 atom stereocenters. The lowest BCUT2D eigenvalue weighted by Crippen LogP contribution is -1.93. The van der Waals surface area contributed by atoms with Crippen LogP contribution in [0.1, 0.15) is 0 Å². The predicted molar refractivity (Wildman–Crippen MR) is 282 cm³/mol. The monoisotopic (exact) mass is 848 g/mol.